The summed E-state index contributed by atoms with van der Waals surface area (Å²) in [6, 6.07) is 0. The normalized spacial score (nSPS) is 13.2. The third-order valence-corrected chi connectivity index (χ3v) is 2.90. The average Bonchev–Trinajstić information content (AvgIpc) is 2.71. The number of hydrogen-bond acceptors (Lipinski definition) is 6. The maximum Gasteiger partial charge on any atom is 1.00 e. The zero-order valence-corrected chi connectivity index (χ0v) is 14.1. The van der Waals surface area contributed by atoms with Crippen molar-refractivity contribution in [2.24, 2.45) is 0 Å². The van der Waals surface area contributed by atoms with Crippen molar-refractivity contribution in [3.8, 4) is 0 Å². The molecule has 2 aromatic heterocycles. The Morgan fingerprint density at radius 2 is 2.20 bits per heavy atom. The molecular formula is C9H15N5NaO4P. The van der Waals surface area contributed by atoms with Crippen molar-refractivity contribution >= 4 is 24.6 Å². The molecule has 0 fully saturated rings. The van der Waals surface area contributed by atoms with Crippen molar-refractivity contribution in [3.63, 3.8) is 0 Å². The Labute approximate surface area is 138 Å². The van der Waals surface area contributed by atoms with Gasteiger partial charge in [-0.25, -0.2) is 15.0 Å². The van der Waals surface area contributed by atoms with Gasteiger partial charge >= 0.3 is 37.2 Å². The summed E-state index contributed by atoms with van der Waals surface area (Å²) in [5.41, 5.74) is 6.70. The minimum absolute atomic E-state index is 0. The maximum absolute atomic E-state index is 10.7. The van der Waals surface area contributed by atoms with Gasteiger partial charge in [-0.05, 0) is 6.92 Å². The van der Waals surface area contributed by atoms with Crippen molar-refractivity contribution in [1.82, 2.24) is 19.5 Å². The number of rotatable bonds is 5. The molecule has 2 heterocycles. The first-order valence-electron chi connectivity index (χ1n) is 5.44. The fourth-order valence-electron chi connectivity index (χ4n) is 1.59. The summed E-state index contributed by atoms with van der Waals surface area (Å²) in [4.78, 5) is 29.4. The number of nitrogens with two attached hydrogens (primary N) is 1. The Morgan fingerprint density at radius 1 is 1.50 bits per heavy atom. The van der Waals surface area contributed by atoms with E-state index in [1.807, 2.05) is 0 Å². The van der Waals surface area contributed by atoms with Gasteiger partial charge in [-0.1, -0.05) is 0 Å². The van der Waals surface area contributed by atoms with E-state index >= 15 is 0 Å². The van der Waals surface area contributed by atoms with Crippen LogP contribution in [0.3, 0.4) is 0 Å². The Hall–Kier alpha value is -0.540. The molecule has 0 saturated carbocycles. The van der Waals surface area contributed by atoms with E-state index in [9.17, 15) is 4.57 Å². The van der Waals surface area contributed by atoms with Crippen molar-refractivity contribution in [1.29, 1.82) is 0 Å². The van der Waals surface area contributed by atoms with Gasteiger partial charge in [0.2, 0.25) is 0 Å². The van der Waals surface area contributed by atoms with Crippen LogP contribution in [0.25, 0.3) is 11.2 Å². The number of aromatic nitrogens is 4. The predicted octanol–water partition coefficient (Wildman–Crippen LogP) is -2.93. The smallest absolute Gasteiger partial charge is 1.00 e. The Bertz CT molecular complexity index is 636. The van der Waals surface area contributed by atoms with E-state index in [0.717, 1.165) is 0 Å². The van der Waals surface area contributed by atoms with Crippen LogP contribution in [0.2, 0.25) is 0 Å². The molecule has 0 aliphatic heterocycles. The van der Waals surface area contributed by atoms with Gasteiger partial charge in [-0.3, -0.25) is 4.57 Å². The molecule has 11 heteroatoms. The Balaban J connectivity index is 0.00000200. The third kappa shape index (κ3) is 4.49. The van der Waals surface area contributed by atoms with Gasteiger partial charge in [0.1, 0.15) is 18.2 Å². The molecule has 0 radical (unpaired) electrons. The van der Waals surface area contributed by atoms with Crippen LogP contribution in [-0.2, 0) is 15.8 Å². The molecule has 0 spiro atoms. The van der Waals surface area contributed by atoms with Gasteiger partial charge in [0, 0.05) is 0 Å². The monoisotopic (exact) mass is 311 g/mol. The largest absolute Gasteiger partial charge is 1.00 e. The summed E-state index contributed by atoms with van der Waals surface area (Å²) in [6.07, 6.45) is 1.85. The van der Waals surface area contributed by atoms with E-state index in [0.29, 0.717) is 17.7 Å². The first kappa shape index (κ1) is 17.5. The van der Waals surface area contributed by atoms with Crippen LogP contribution >= 0.6 is 7.60 Å². The molecule has 1 unspecified atom stereocenters. The van der Waals surface area contributed by atoms with Gasteiger partial charge in [0.05, 0.1) is 19.0 Å². The number of hydrogen-bond donors (Lipinski definition) is 3. The third-order valence-electron chi connectivity index (χ3n) is 2.41. The summed E-state index contributed by atoms with van der Waals surface area (Å²) >= 11 is 0. The number of fused-ring (bicyclic) bond motifs is 1. The van der Waals surface area contributed by atoms with Crippen LogP contribution in [0.15, 0.2) is 12.7 Å². The second kappa shape index (κ2) is 6.95. The second-order valence-corrected chi connectivity index (χ2v) is 5.69. The summed E-state index contributed by atoms with van der Waals surface area (Å²) < 4.78 is 17.5. The predicted molar refractivity (Wildman–Crippen MR) is 68.3 cm³/mol. The van der Waals surface area contributed by atoms with Crippen LogP contribution in [-0.4, -0.2) is 41.8 Å². The van der Waals surface area contributed by atoms with Crippen LogP contribution in [0.1, 0.15) is 8.35 Å². The molecule has 2 rings (SSSR count). The van der Waals surface area contributed by atoms with E-state index in [2.05, 4.69) is 15.0 Å². The number of anilines is 1. The topological polar surface area (TPSA) is 136 Å². The Morgan fingerprint density at radius 3 is 2.85 bits per heavy atom. The zero-order valence-electron chi connectivity index (χ0n) is 12.2. The maximum atomic E-state index is 10.7. The van der Waals surface area contributed by atoms with Gasteiger partial charge in [-0.2, -0.15) is 0 Å². The van der Waals surface area contributed by atoms with E-state index in [4.69, 9.17) is 20.3 Å². The molecule has 0 aliphatic rings. The van der Waals surface area contributed by atoms with Crippen molar-refractivity contribution in [2.75, 3.05) is 12.1 Å². The standard InChI is InChI=1S/C9H14N5O4P.Na.H/c1-6(18-5-19(15,16)17)2-14-4-13-7-8(10)11-3-12-9(7)14;;/h3-4,6H,2,5H2,1H3,(H2,10,11,12)(H2,15,16,17);;/q;+1;-1. The quantitative estimate of drug-likeness (QED) is 0.394. The second-order valence-electron chi connectivity index (χ2n) is 4.10. The molecule has 2 aromatic rings. The van der Waals surface area contributed by atoms with Crippen molar-refractivity contribution in [3.05, 3.63) is 12.7 Å². The summed E-state index contributed by atoms with van der Waals surface area (Å²) in [7, 11) is -4.16. The minimum atomic E-state index is -4.16. The van der Waals surface area contributed by atoms with E-state index < -0.39 is 20.0 Å². The molecule has 0 aliphatic carbocycles. The molecule has 9 nitrogen and oxygen atoms in total. The molecule has 20 heavy (non-hydrogen) atoms. The fourth-order valence-corrected chi connectivity index (χ4v) is 2.04. The molecule has 0 bridgehead atoms. The number of imidazole rings is 1. The van der Waals surface area contributed by atoms with Crippen molar-refractivity contribution in [2.45, 2.75) is 19.6 Å². The SMILES string of the molecule is CC(Cn1cnc2c(N)ncnc21)OCP(=O)(O)O.[H-].[Na+]. The number of nitrogens with zero attached hydrogens (tertiary/aromatic N) is 4. The van der Waals surface area contributed by atoms with E-state index in [1.54, 1.807) is 11.5 Å². The molecule has 0 amide bonds. The molecule has 0 saturated heterocycles. The summed E-state index contributed by atoms with van der Waals surface area (Å²) in [6.45, 7) is 2.05. The zero-order chi connectivity index (χ0) is 14.0. The first-order valence-corrected chi connectivity index (χ1v) is 7.24. The van der Waals surface area contributed by atoms with Gasteiger partial charge < -0.3 is 26.3 Å². The molecule has 0 aromatic carbocycles. The average molecular weight is 311 g/mol. The van der Waals surface area contributed by atoms with Gasteiger partial charge in [0.15, 0.2) is 11.5 Å². The Kier molecular flexibility index (Phi) is 6.08. The summed E-state index contributed by atoms with van der Waals surface area (Å²) in [5.74, 6) is 0.285. The van der Waals surface area contributed by atoms with Crippen molar-refractivity contribution < 1.29 is 50.1 Å². The van der Waals surface area contributed by atoms with E-state index in [-0.39, 0.29) is 36.8 Å². The van der Waals surface area contributed by atoms with Crippen LogP contribution in [0.5, 0.6) is 0 Å². The fraction of sp³-hybridized carbons (Fsp3) is 0.444. The van der Waals surface area contributed by atoms with E-state index in [1.165, 1.54) is 12.7 Å². The van der Waals surface area contributed by atoms with Crippen LogP contribution < -0.4 is 35.3 Å². The molecular weight excluding hydrogens is 296 g/mol. The van der Waals surface area contributed by atoms with Crippen LogP contribution in [0.4, 0.5) is 5.82 Å². The van der Waals surface area contributed by atoms with Gasteiger partial charge in [0.25, 0.3) is 0 Å². The molecule has 4 N–H and O–H groups in total. The van der Waals surface area contributed by atoms with Crippen LogP contribution in [0, 0.1) is 0 Å². The molecule has 1 atom stereocenters. The molecule has 106 valence electrons. The number of nitrogen functional groups attached to an aromatic ring is 1. The first-order chi connectivity index (χ1) is 8.87. The number of ether oxygens (including phenoxy) is 1. The summed E-state index contributed by atoms with van der Waals surface area (Å²) in [5, 5.41) is 0. The minimum Gasteiger partial charge on any atom is -1.00 e. The van der Waals surface area contributed by atoms with Gasteiger partial charge in [-0.15, -0.1) is 0 Å².